The molecule has 0 atom stereocenters. The van der Waals surface area contributed by atoms with Crippen LogP contribution in [0.15, 0.2) is 36.4 Å². The minimum Gasteiger partial charge on any atom is -0.495 e. The number of aryl methyl sites for hydroxylation is 1. The molecule has 0 aliphatic carbocycles. The van der Waals surface area contributed by atoms with E-state index < -0.39 is 0 Å². The fraction of sp³-hybridized carbons (Fsp3) is 0.222. The molecule has 0 saturated carbocycles. The molecule has 0 saturated heterocycles. The molecule has 4 N–H and O–H groups in total. The molecule has 7 nitrogen and oxygen atoms in total. The molecule has 0 spiro atoms. The van der Waals surface area contributed by atoms with Gasteiger partial charge < -0.3 is 20.8 Å². The van der Waals surface area contributed by atoms with Gasteiger partial charge in [0.25, 0.3) is 0 Å². The lowest BCUT2D eigenvalue weighted by molar-refractivity contribution is -0.115. The van der Waals surface area contributed by atoms with Crippen LogP contribution in [0.3, 0.4) is 0 Å². The fourth-order valence-corrected chi connectivity index (χ4v) is 2.26. The highest BCUT2D eigenvalue weighted by Gasteiger charge is 2.07. The first-order chi connectivity index (χ1) is 11.9. The summed E-state index contributed by atoms with van der Waals surface area (Å²) in [6.45, 7) is 4.86. The van der Waals surface area contributed by atoms with Gasteiger partial charge in [-0.15, -0.1) is 0 Å². The normalized spacial score (nSPS) is 9.92. The molecule has 0 bridgehead atoms. The first-order valence-electron chi connectivity index (χ1n) is 7.75. The predicted octanol–water partition coefficient (Wildman–Crippen LogP) is 3.36. The first-order valence-corrected chi connectivity index (χ1v) is 7.75. The predicted molar refractivity (Wildman–Crippen MR) is 100 cm³/mol. The third kappa shape index (κ3) is 5.13. The van der Waals surface area contributed by atoms with Crippen molar-refractivity contribution in [3.63, 3.8) is 0 Å². The van der Waals surface area contributed by atoms with E-state index in [1.165, 1.54) is 13.8 Å². The van der Waals surface area contributed by atoms with Crippen LogP contribution in [-0.2, 0) is 9.59 Å². The van der Waals surface area contributed by atoms with Crippen LogP contribution < -0.4 is 26.2 Å². The van der Waals surface area contributed by atoms with Gasteiger partial charge >= 0.3 is 0 Å². The summed E-state index contributed by atoms with van der Waals surface area (Å²) in [6, 6.07) is 10.8. The lowest BCUT2D eigenvalue weighted by atomic mass is 10.2. The Morgan fingerprint density at radius 1 is 0.840 bits per heavy atom. The molecule has 2 aromatic rings. The second-order valence-electron chi connectivity index (χ2n) is 5.56. The van der Waals surface area contributed by atoms with Crippen molar-refractivity contribution >= 4 is 34.6 Å². The van der Waals surface area contributed by atoms with Crippen molar-refractivity contribution in [3.05, 3.63) is 42.0 Å². The topological polar surface area (TPSA) is 91.5 Å². The van der Waals surface area contributed by atoms with Gasteiger partial charge in [0.05, 0.1) is 18.5 Å². The van der Waals surface area contributed by atoms with Crippen molar-refractivity contribution < 1.29 is 14.3 Å². The Kier molecular flexibility index (Phi) is 5.84. The van der Waals surface area contributed by atoms with E-state index in [1.54, 1.807) is 25.3 Å². The SMILES string of the molecule is COc1ccc(NC(C)=O)cc1NNc1cc(NC(C)=O)ccc1C. The van der Waals surface area contributed by atoms with Gasteiger partial charge in [0.15, 0.2) is 0 Å². The second kappa shape index (κ2) is 8.05. The molecule has 0 radical (unpaired) electrons. The zero-order valence-corrected chi connectivity index (χ0v) is 14.7. The minimum atomic E-state index is -0.150. The Labute approximate surface area is 146 Å². The van der Waals surface area contributed by atoms with Crippen LogP contribution in [0.1, 0.15) is 19.4 Å². The van der Waals surface area contributed by atoms with Crippen LogP contribution >= 0.6 is 0 Å². The number of amides is 2. The summed E-state index contributed by atoms with van der Waals surface area (Å²) >= 11 is 0. The molecule has 0 aliphatic rings. The average Bonchev–Trinajstić information content (AvgIpc) is 2.54. The molecule has 0 unspecified atom stereocenters. The molecule has 132 valence electrons. The highest BCUT2D eigenvalue weighted by molar-refractivity contribution is 5.90. The van der Waals surface area contributed by atoms with Crippen LogP contribution in [-0.4, -0.2) is 18.9 Å². The van der Waals surface area contributed by atoms with Crippen LogP contribution in [0.5, 0.6) is 5.75 Å². The number of nitrogens with one attached hydrogen (secondary N) is 4. The molecule has 0 aliphatic heterocycles. The molecule has 7 heteroatoms. The smallest absolute Gasteiger partial charge is 0.221 e. The summed E-state index contributed by atoms with van der Waals surface area (Å²) in [5.74, 6) is 0.340. The Morgan fingerprint density at radius 2 is 1.36 bits per heavy atom. The lowest BCUT2D eigenvalue weighted by Crippen LogP contribution is -2.13. The van der Waals surface area contributed by atoms with E-state index in [2.05, 4.69) is 21.5 Å². The zero-order valence-electron chi connectivity index (χ0n) is 14.7. The van der Waals surface area contributed by atoms with Gasteiger partial charge in [-0.2, -0.15) is 0 Å². The number of hydrazine groups is 1. The Bertz CT molecular complexity index is 790. The van der Waals surface area contributed by atoms with Crippen LogP contribution in [0, 0.1) is 6.92 Å². The number of anilines is 4. The van der Waals surface area contributed by atoms with Crippen molar-refractivity contribution in [3.8, 4) is 5.75 Å². The number of methoxy groups -OCH3 is 1. The van der Waals surface area contributed by atoms with Crippen LogP contribution in [0.4, 0.5) is 22.7 Å². The molecular weight excluding hydrogens is 320 g/mol. The Balaban J connectivity index is 2.19. The maximum Gasteiger partial charge on any atom is 0.221 e. The maximum atomic E-state index is 11.2. The van der Waals surface area contributed by atoms with E-state index in [0.29, 0.717) is 22.8 Å². The lowest BCUT2D eigenvalue weighted by Gasteiger charge is -2.16. The summed E-state index contributed by atoms with van der Waals surface area (Å²) in [6.07, 6.45) is 0. The van der Waals surface area contributed by atoms with E-state index >= 15 is 0 Å². The number of hydrogen-bond donors (Lipinski definition) is 4. The first kappa shape index (κ1) is 18.1. The molecule has 2 aromatic carbocycles. The Morgan fingerprint density at radius 3 is 1.92 bits per heavy atom. The minimum absolute atomic E-state index is 0.132. The van der Waals surface area contributed by atoms with Gasteiger partial charge in [0.2, 0.25) is 11.8 Å². The van der Waals surface area contributed by atoms with Crippen LogP contribution in [0.2, 0.25) is 0 Å². The van der Waals surface area contributed by atoms with Gasteiger partial charge in [-0.1, -0.05) is 6.07 Å². The summed E-state index contributed by atoms with van der Waals surface area (Å²) in [4.78, 5) is 22.4. The standard InChI is InChI=1S/C18H22N4O3/c1-11-5-6-14(19-12(2)23)9-16(11)21-22-17-10-15(20-13(3)24)7-8-18(17)25-4/h5-10,21-22H,1-4H3,(H,19,23)(H,20,24). The molecular formula is C18H22N4O3. The number of ether oxygens (including phenoxy) is 1. The average molecular weight is 342 g/mol. The molecule has 0 fully saturated rings. The summed E-state index contributed by atoms with van der Waals surface area (Å²) < 4.78 is 5.33. The highest BCUT2D eigenvalue weighted by Crippen LogP contribution is 2.29. The van der Waals surface area contributed by atoms with Crippen molar-refractivity contribution in [1.29, 1.82) is 0 Å². The van der Waals surface area contributed by atoms with Crippen molar-refractivity contribution in [2.24, 2.45) is 0 Å². The van der Waals surface area contributed by atoms with Gasteiger partial charge in [-0.05, 0) is 42.8 Å². The third-order valence-corrected chi connectivity index (χ3v) is 3.41. The molecule has 25 heavy (non-hydrogen) atoms. The van der Waals surface area contributed by atoms with Crippen molar-refractivity contribution in [1.82, 2.24) is 0 Å². The quantitative estimate of drug-likeness (QED) is 0.604. The van der Waals surface area contributed by atoms with Gasteiger partial charge in [0, 0.05) is 25.2 Å². The van der Waals surface area contributed by atoms with E-state index in [1.807, 2.05) is 25.1 Å². The zero-order chi connectivity index (χ0) is 18.4. The van der Waals surface area contributed by atoms with Crippen molar-refractivity contribution in [2.45, 2.75) is 20.8 Å². The molecule has 0 aromatic heterocycles. The molecule has 2 rings (SSSR count). The monoisotopic (exact) mass is 342 g/mol. The Hall–Kier alpha value is -3.22. The summed E-state index contributed by atoms with van der Waals surface area (Å²) in [7, 11) is 1.57. The van der Waals surface area contributed by atoms with E-state index in [9.17, 15) is 9.59 Å². The molecule has 0 heterocycles. The van der Waals surface area contributed by atoms with Gasteiger partial charge in [0.1, 0.15) is 5.75 Å². The number of rotatable bonds is 6. The summed E-state index contributed by atoms with van der Waals surface area (Å²) in [5, 5.41) is 5.47. The number of carbonyl (C=O) groups excluding carboxylic acids is 2. The summed E-state index contributed by atoms with van der Waals surface area (Å²) in [5.41, 5.74) is 10.00. The second-order valence-corrected chi connectivity index (χ2v) is 5.56. The number of benzene rings is 2. The highest BCUT2D eigenvalue weighted by atomic mass is 16.5. The van der Waals surface area contributed by atoms with Crippen molar-refractivity contribution in [2.75, 3.05) is 28.6 Å². The fourth-order valence-electron chi connectivity index (χ4n) is 2.26. The van der Waals surface area contributed by atoms with Gasteiger partial charge in [-0.25, -0.2) is 0 Å². The maximum absolute atomic E-state index is 11.2. The van der Waals surface area contributed by atoms with Crippen LogP contribution in [0.25, 0.3) is 0 Å². The largest absolute Gasteiger partial charge is 0.495 e. The van der Waals surface area contributed by atoms with E-state index in [-0.39, 0.29) is 11.8 Å². The number of carbonyl (C=O) groups is 2. The number of hydrogen-bond acceptors (Lipinski definition) is 5. The van der Waals surface area contributed by atoms with E-state index in [0.717, 1.165) is 11.3 Å². The van der Waals surface area contributed by atoms with Gasteiger partial charge in [-0.3, -0.25) is 15.0 Å². The molecule has 2 amide bonds. The van der Waals surface area contributed by atoms with E-state index in [4.69, 9.17) is 4.74 Å². The third-order valence-electron chi connectivity index (χ3n) is 3.41.